The van der Waals surface area contributed by atoms with Gasteiger partial charge in [-0.3, -0.25) is 18.9 Å². The van der Waals surface area contributed by atoms with Gasteiger partial charge in [-0.15, -0.1) is 0 Å². The van der Waals surface area contributed by atoms with Gasteiger partial charge in [0.05, 0.1) is 136 Å². The highest BCUT2D eigenvalue weighted by Crippen LogP contribution is 2.28. The van der Waals surface area contributed by atoms with Crippen LogP contribution >= 0.6 is 11.8 Å². The molecule has 0 aliphatic rings. The molecule has 22 heteroatoms. The van der Waals surface area contributed by atoms with Gasteiger partial charge in [0.2, 0.25) is 5.91 Å². The molecule has 386 valence electrons. The van der Waals surface area contributed by atoms with Crippen molar-refractivity contribution in [2.24, 2.45) is 5.92 Å². The molecule has 20 nitrogen and oxygen atoms in total. The van der Waals surface area contributed by atoms with Gasteiger partial charge in [0.25, 0.3) is 10.1 Å². The lowest BCUT2D eigenvalue weighted by atomic mass is 10.0. The van der Waals surface area contributed by atoms with Gasteiger partial charge >= 0.3 is 0 Å². The predicted octanol–water partition coefficient (Wildman–Crippen LogP) is 4.15. The number of nitrogens with zero attached hydrogens (tertiary/aromatic N) is 2. The first-order valence-electron chi connectivity index (χ1n) is 23.6. The van der Waals surface area contributed by atoms with Crippen molar-refractivity contribution >= 4 is 66.4 Å². The third-order valence-electron chi connectivity index (χ3n) is 10.2. The maximum atomic E-state index is 12.9. The zero-order valence-corrected chi connectivity index (χ0v) is 41.6. The minimum absolute atomic E-state index is 0.0169. The summed E-state index contributed by atoms with van der Waals surface area (Å²) >= 11 is 1.20. The molecule has 3 aromatic rings. The van der Waals surface area contributed by atoms with E-state index < -0.39 is 27.7 Å². The lowest BCUT2D eigenvalue weighted by Crippen LogP contribution is -2.36. The van der Waals surface area contributed by atoms with Crippen molar-refractivity contribution in [1.82, 2.24) is 20.3 Å². The normalized spacial score (nSPS) is 12.3. The number of pyridine rings is 1. The van der Waals surface area contributed by atoms with Crippen molar-refractivity contribution in [3.05, 3.63) is 29.6 Å². The van der Waals surface area contributed by atoms with Crippen LogP contribution in [-0.2, 0) is 80.0 Å². The van der Waals surface area contributed by atoms with E-state index in [0.29, 0.717) is 124 Å². The number of aromatic amines is 1. The Morgan fingerprint density at radius 2 is 1.22 bits per heavy atom. The summed E-state index contributed by atoms with van der Waals surface area (Å²) in [5, 5.41) is 3.79. The second-order valence-electron chi connectivity index (χ2n) is 15.7. The highest BCUT2D eigenvalue weighted by Gasteiger charge is 2.26. The largest absolute Gasteiger partial charge is 0.382 e. The van der Waals surface area contributed by atoms with E-state index in [1.165, 1.54) is 11.8 Å². The number of nitrogens with two attached hydrogens (primary N) is 1. The first-order chi connectivity index (χ1) is 33.0. The monoisotopic (exact) mass is 1000 g/mol. The van der Waals surface area contributed by atoms with Crippen molar-refractivity contribution in [3.63, 3.8) is 0 Å². The Balaban J connectivity index is 1.10. The third-order valence-corrected chi connectivity index (χ3v) is 11.7. The van der Waals surface area contributed by atoms with E-state index in [9.17, 15) is 27.4 Å². The summed E-state index contributed by atoms with van der Waals surface area (Å²) in [6.45, 7) is 9.51. The van der Waals surface area contributed by atoms with E-state index in [1.54, 1.807) is 6.26 Å². The Morgan fingerprint density at radius 3 is 1.72 bits per heavy atom. The molecule has 1 amide bonds. The number of benzene rings is 1. The lowest BCUT2D eigenvalue weighted by Gasteiger charge is -2.15. The van der Waals surface area contributed by atoms with Crippen LogP contribution in [0.3, 0.4) is 0 Å². The molecule has 0 aliphatic heterocycles. The highest BCUT2D eigenvalue weighted by atomic mass is 32.2. The topological polar surface area (TPSA) is 268 Å². The van der Waals surface area contributed by atoms with Gasteiger partial charge in [0.1, 0.15) is 28.5 Å². The van der Waals surface area contributed by atoms with E-state index in [-0.39, 0.29) is 43.6 Å². The summed E-state index contributed by atoms with van der Waals surface area (Å²) in [4.78, 5) is 49.4. The number of amides is 1. The van der Waals surface area contributed by atoms with E-state index >= 15 is 0 Å². The number of thioether (sulfide) groups is 1. The number of ether oxygens (including phenoxy) is 9. The molecule has 5 N–H and O–H groups in total. The van der Waals surface area contributed by atoms with Crippen LogP contribution in [0.5, 0.6) is 0 Å². The number of hydrogen-bond donors (Lipinski definition) is 4. The molecule has 1 atom stereocenters. The Bertz CT molecular complexity index is 1970. The molecule has 0 spiro atoms. The maximum absolute atomic E-state index is 12.9. The summed E-state index contributed by atoms with van der Waals surface area (Å²) in [5.41, 5.74) is 9.75. The standard InChI is InChI=1S/C46H75N5O15S2/c1-3-4-9-41-50-43-39-11-10-36(33-40(39)49-45(47)44(43)51-41)8-6-5-7-14-48-46(54)37(35-68(55,56)57)34-38(52)12-15-58-17-19-60-21-23-62-25-27-64-29-31-66-32-30-65-28-26-63-24-22-61-20-18-59-16-13-42(53)67-2/h10-11,33,37H,3-9,12-32,34-35H2,1-2H3,(H2,47,49)(H,48,54)(H,50,51)(H,55,56,57)/t37-/m0/s1. The molecule has 2 aromatic heterocycles. The first-order valence-corrected chi connectivity index (χ1v) is 26.4. The molecule has 3 rings (SSSR count). The molecule has 0 saturated heterocycles. The van der Waals surface area contributed by atoms with Crippen LogP contribution in [0.15, 0.2) is 18.2 Å². The molecule has 0 unspecified atom stereocenters. The number of hydrogen-bond acceptors (Lipinski definition) is 18. The number of Topliss-reactive ketones (excluding diaryl/α,β-unsaturated/α-hetero) is 1. The van der Waals surface area contributed by atoms with E-state index in [2.05, 4.69) is 28.3 Å². The zero-order chi connectivity index (χ0) is 49.1. The summed E-state index contributed by atoms with van der Waals surface area (Å²) in [6, 6.07) is 6.12. The number of carbonyl (C=O) groups excluding carboxylic acids is 3. The molecule has 0 fully saturated rings. The molecule has 0 bridgehead atoms. The van der Waals surface area contributed by atoms with E-state index in [1.807, 2.05) is 12.1 Å². The number of H-pyrrole nitrogens is 1. The Hall–Kier alpha value is -3.39. The van der Waals surface area contributed by atoms with Crippen molar-refractivity contribution in [2.45, 2.75) is 71.1 Å². The number of fused-ring (bicyclic) bond motifs is 3. The van der Waals surface area contributed by atoms with Crippen LogP contribution in [0.2, 0.25) is 0 Å². The van der Waals surface area contributed by atoms with Crippen LogP contribution in [-0.4, -0.2) is 182 Å². The van der Waals surface area contributed by atoms with Crippen LogP contribution in [0, 0.1) is 5.92 Å². The van der Waals surface area contributed by atoms with Crippen LogP contribution in [0.1, 0.15) is 69.7 Å². The molecular formula is C46H75N5O15S2. The molecule has 0 saturated carbocycles. The van der Waals surface area contributed by atoms with Crippen molar-refractivity contribution in [3.8, 4) is 0 Å². The second kappa shape index (κ2) is 36.5. The number of nitrogens with one attached hydrogen (secondary N) is 2. The van der Waals surface area contributed by atoms with E-state index in [0.717, 1.165) is 71.8 Å². The average molecular weight is 1000 g/mol. The van der Waals surface area contributed by atoms with Gasteiger partial charge in [-0.1, -0.05) is 43.7 Å². The fraction of sp³-hybridized carbons (Fsp3) is 0.717. The van der Waals surface area contributed by atoms with Crippen LogP contribution in [0.25, 0.3) is 21.9 Å². The molecule has 0 radical (unpaired) electrons. The summed E-state index contributed by atoms with van der Waals surface area (Å²) < 4.78 is 81.8. The quantitative estimate of drug-likeness (QED) is 0.0458. The van der Waals surface area contributed by atoms with Gasteiger partial charge in [0, 0.05) is 37.6 Å². The lowest BCUT2D eigenvalue weighted by molar-refractivity contribution is -0.129. The van der Waals surface area contributed by atoms with Gasteiger partial charge in [-0.05, 0) is 43.6 Å². The number of rotatable bonds is 44. The first kappa shape index (κ1) is 58.9. The van der Waals surface area contributed by atoms with Gasteiger partial charge in [0.15, 0.2) is 5.12 Å². The third kappa shape index (κ3) is 27.1. The molecule has 2 heterocycles. The van der Waals surface area contributed by atoms with Gasteiger partial charge < -0.3 is 58.7 Å². The molecule has 68 heavy (non-hydrogen) atoms. The van der Waals surface area contributed by atoms with Crippen LogP contribution < -0.4 is 11.1 Å². The predicted molar refractivity (Wildman–Crippen MR) is 260 cm³/mol. The number of ketones is 1. The van der Waals surface area contributed by atoms with Gasteiger partial charge in [-0.2, -0.15) is 8.42 Å². The van der Waals surface area contributed by atoms with Crippen molar-refractivity contribution in [2.75, 3.05) is 143 Å². The number of imidazole rings is 1. The molecule has 1 aromatic carbocycles. The molecular weight excluding hydrogens is 927 g/mol. The molecule has 0 aliphatic carbocycles. The van der Waals surface area contributed by atoms with Crippen LogP contribution in [0.4, 0.5) is 5.82 Å². The number of unbranched alkanes of at least 4 members (excludes halogenated alkanes) is 3. The number of aromatic nitrogens is 3. The zero-order valence-electron chi connectivity index (χ0n) is 40.0. The summed E-state index contributed by atoms with van der Waals surface area (Å²) in [7, 11) is -4.50. The van der Waals surface area contributed by atoms with Crippen molar-refractivity contribution < 1.29 is 70.0 Å². The Morgan fingerprint density at radius 1 is 0.706 bits per heavy atom. The van der Waals surface area contributed by atoms with Gasteiger partial charge in [-0.25, -0.2) is 9.97 Å². The fourth-order valence-corrected chi connectivity index (χ4v) is 7.69. The fourth-order valence-electron chi connectivity index (χ4n) is 6.63. The second-order valence-corrected chi connectivity index (χ2v) is 18.1. The number of anilines is 1. The minimum Gasteiger partial charge on any atom is -0.382 e. The smallest absolute Gasteiger partial charge is 0.265 e. The van der Waals surface area contributed by atoms with Crippen molar-refractivity contribution in [1.29, 1.82) is 0 Å². The average Bonchev–Trinajstić information content (AvgIpc) is 3.75. The summed E-state index contributed by atoms with van der Waals surface area (Å²) in [5.74, 6) is -1.67. The maximum Gasteiger partial charge on any atom is 0.265 e. The SMILES string of the molecule is CCCCc1nc2c([nH]1)c(N)nc1cc(CCCCCNC(=O)[C@@H](CC(=O)CCOCCOCCOCCOCCOCCOCCOCCOCCOCCC(=O)SC)CS(=O)(=O)O)ccc12. The Labute approximate surface area is 405 Å². The number of carbonyl (C=O) groups is 3. The minimum atomic E-state index is -4.50. The Kier molecular flexibility index (Phi) is 31.7. The summed E-state index contributed by atoms with van der Waals surface area (Å²) in [6.07, 6.45) is 7.88. The highest BCUT2D eigenvalue weighted by molar-refractivity contribution is 8.13. The van der Waals surface area contributed by atoms with E-state index in [4.69, 9.17) is 53.3 Å². The number of nitrogen functional groups attached to an aromatic ring is 1. The number of aryl methyl sites for hydroxylation is 2.